The van der Waals surface area contributed by atoms with Crippen molar-refractivity contribution < 1.29 is 4.52 Å². The zero-order valence-electron chi connectivity index (χ0n) is 7.50. The van der Waals surface area contributed by atoms with Crippen molar-refractivity contribution in [1.29, 1.82) is 0 Å². The van der Waals surface area contributed by atoms with E-state index in [9.17, 15) is 0 Å². The first-order valence-corrected chi connectivity index (χ1v) is 4.46. The maximum atomic E-state index is 5.16. The molecule has 2 atom stereocenters. The van der Waals surface area contributed by atoms with Gasteiger partial charge in [0.25, 0.3) is 0 Å². The minimum atomic E-state index is -0.0839. The van der Waals surface area contributed by atoms with Crippen LogP contribution in [-0.4, -0.2) is 5.60 Å². The fourth-order valence-corrected chi connectivity index (χ4v) is 0.970. The van der Waals surface area contributed by atoms with Gasteiger partial charge in [-0.05, 0) is 13.3 Å². The van der Waals surface area contributed by atoms with Gasteiger partial charge in [0.15, 0.2) is 0 Å². The Morgan fingerprint density at radius 2 is 2.00 bits per heavy atom. The van der Waals surface area contributed by atoms with Crippen molar-refractivity contribution in [3.63, 3.8) is 0 Å². The molecule has 0 saturated heterocycles. The summed E-state index contributed by atoms with van der Waals surface area (Å²) < 4.78 is 5.16. The molecule has 0 fully saturated rings. The highest BCUT2D eigenvalue weighted by Crippen LogP contribution is 2.23. The second-order valence-electron chi connectivity index (χ2n) is 2.42. The van der Waals surface area contributed by atoms with Crippen LogP contribution in [0, 0.1) is 0 Å². The third kappa shape index (κ3) is 3.69. The third-order valence-corrected chi connectivity index (χ3v) is 2.03. The fourth-order valence-electron chi connectivity index (χ4n) is 0.795. The lowest BCUT2D eigenvalue weighted by molar-refractivity contribution is 0.175. The number of allylic oxidation sites excluding steroid dienone is 2. The molecule has 11 heavy (non-hydrogen) atoms. The molecule has 0 aromatic heterocycles. The Bertz CT molecular complexity index is 152. The van der Waals surface area contributed by atoms with E-state index in [4.69, 9.17) is 4.52 Å². The minimum absolute atomic E-state index is 0.0839. The molecule has 2 heteroatoms. The van der Waals surface area contributed by atoms with Crippen LogP contribution in [0.15, 0.2) is 24.3 Å². The van der Waals surface area contributed by atoms with Gasteiger partial charge < -0.3 is 4.52 Å². The second kappa shape index (κ2) is 5.51. The Morgan fingerprint density at radius 1 is 1.36 bits per heavy atom. The van der Waals surface area contributed by atoms with E-state index in [1.54, 1.807) is 0 Å². The van der Waals surface area contributed by atoms with Crippen molar-refractivity contribution in [2.75, 3.05) is 0 Å². The summed E-state index contributed by atoms with van der Waals surface area (Å²) in [6, 6.07) is 0. The third-order valence-electron chi connectivity index (χ3n) is 1.49. The molecule has 1 nitrogen and oxygen atoms in total. The lowest BCUT2D eigenvalue weighted by Gasteiger charge is -2.23. The first kappa shape index (κ1) is 10.9. The maximum absolute atomic E-state index is 5.16. The zero-order valence-corrected chi connectivity index (χ0v) is 8.66. The highest BCUT2D eigenvalue weighted by Gasteiger charge is 2.18. The number of hydrogen-bond acceptors (Lipinski definition) is 1. The molecule has 0 heterocycles. The Labute approximate surface area is 71.8 Å². The first-order valence-electron chi connectivity index (χ1n) is 3.99. The molecule has 0 aromatic carbocycles. The molecule has 0 N–H and O–H groups in total. The topological polar surface area (TPSA) is 9.23 Å². The lowest BCUT2D eigenvalue weighted by atomic mass is 9.98. The zero-order chi connectivity index (χ0) is 8.74. The van der Waals surface area contributed by atoms with Crippen molar-refractivity contribution in [1.82, 2.24) is 0 Å². The predicted molar refractivity (Wildman–Crippen MR) is 53.4 cm³/mol. The van der Waals surface area contributed by atoms with Crippen molar-refractivity contribution in [2.45, 2.75) is 32.8 Å². The van der Waals surface area contributed by atoms with Crippen molar-refractivity contribution >= 4 is 9.47 Å². The van der Waals surface area contributed by atoms with Crippen LogP contribution in [0.5, 0.6) is 0 Å². The monoisotopic (exact) mass is 172 g/mol. The van der Waals surface area contributed by atoms with Crippen LogP contribution in [-0.2, 0) is 4.52 Å². The first-order chi connectivity index (χ1) is 5.27. The molecule has 0 radical (unpaired) electrons. The van der Waals surface area contributed by atoms with Crippen LogP contribution in [0.25, 0.3) is 0 Å². The summed E-state index contributed by atoms with van der Waals surface area (Å²) in [6.45, 7) is 6.06. The van der Waals surface area contributed by atoms with Crippen molar-refractivity contribution in [3.8, 4) is 0 Å². The van der Waals surface area contributed by atoms with Crippen LogP contribution in [0.1, 0.15) is 27.2 Å². The van der Waals surface area contributed by atoms with Crippen LogP contribution in [0.4, 0.5) is 0 Å². The molecule has 0 saturated carbocycles. The van der Waals surface area contributed by atoms with Crippen LogP contribution < -0.4 is 0 Å². The minimum Gasteiger partial charge on any atom is -0.355 e. The molecule has 2 unspecified atom stereocenters. The summed E-state index contributed by atoms with van der Waals surface area (Å²) in [6.07, 6.45) is 9.16. The highest BCUT2D eigenvalue weighted by atomic mass is 31.0. The molecule has 1 rings (SSSR count). The summed E-state index contributed by atoms with van der Waals surface area (Å²) in [7, 11) is 2.29. The van der Waals surface area contributed by atoms with Crippen LogP contribution in [0.2, 0.25) is 0 Å². The molecule has 64 valence electrons. The van der Waals surface area contributed by atoms with E-state index in [1.807, 2.05) is 26.0 Å². The molecule has 0 spiro atoms. The van der Waals surface area contributed by atoms with Gasteiger partial charge in [-0.2, -0.15) is 0 Å². The standard InChI is InChI=1S/C7H11OP.C2H6/c1-7(8-9)5-3-2-4-6-7;1-2/h2-5H,6,9H2,1H3;1-2H3. The summed E-state index contributed by atoms with van der Waals surface area (Å²) in [5, 5.41) is 0. The molecule has 0 amide bonds. The van der Waals surface area contributed by atoms with E-state index in [1.165, 1.54) is 0 Å². The normalized spacial score (nSPS) is 27.6. The van der Waals surface area contributed by atoms with E-state index < -0.39 is 0 Å². The average molecular weight is 172 g/mol. The van der Waals surface area contributed by atoms with E-state index in [0.29, 0.717) is 0 Å². The molecular formula is C9H17OP. The summed E-state index contributed by atoms with van der Waals surface area (Å²) >= 11 is 0. The van der Waals surface area contributed by atoms with E-state index in [-0.39, 0.29) is 5.60 Å². The maximum Gasteiger partial charge on any atom is 0.0907 e. The van der Waals surface area contributed by atoms with Crippen LogP contribution in [0.3, 0.4) is 0 Å². The molecule has 1 aliphatic rings. The van der Waals surface area contributed by atoms with Crippen molar-refractivity contribution in [3.05, 3.63) is 24.3 Å². The Hall–Kier alpha value is -0.130. The van der Waals surface area contributed by atoms with Gasteiger partial charge in [-0.1, -0.05) is 38.2 Å². The average Bonchev–Trinajstić information content (AvgIpc) is 2.10. The van der Waals surface area contributed by atoms with Gasteiger partial charge in [-0.15, -0.1) is 0 Å². The van der Waals surface area contributed by atoms with Gasteiger partial charge in [0.2, 0.25) is 0 Å². The summed E-state index contributed by atoms with van der Waals surface area (Å²) in [4.78, 5) is 0. The van der Waals surface area contributed by atoms with Crippen LogP contribution >= 0.6 is 9.47 Å². The second-order valence-corrected chi connectivity index (χ2v) is 2.66. The molecular weight excluding hydrogens is 155 g/mol. The number of hydrogen-bond donors (Lipinski definition) is 0. The van der Waals surface area contributed by atoms with Gasteiger partial charge in [0.05, 0.1) is 5.60 Å². The smallest absolute Gasteiger partial charge is 0.0907 e. The van der Waals surface area contributed by atoms with Gasteiger partial charge in [-0.3, -0.25) is 0 Å². The molecule has 0 aromatic rings. The number of rotatable bonds is 1. The van der Waals surface area contributed by atoms with Crippen molar-refractivity contribution in [2.24, 2.45) is 0 Å². The molecule has 0 bridgehead atoms. The van der Waals surface area contributed by atoms with Gasteiger partial charge in [-0.25, -0.2) is 0 Å². The Balaban J connectivity index is 0.000000461. The predicted octanol–water partition coefficient (Wildman–Crippen LogP) is 3.09. The quantitative estimate of drug-likeness (QED) is 0.552. The van der Waals surface area contributed by atoms with E-state index in [2.05, 4.69) is 28.5 Å². The van der Waals surface area contributed by atoms with E-state index >= 15 is 0 Å². The van der Waals surface area contributed by atoms with E-state index in [0.717, 1.165) is 6.42 Å². The fraction of sp³-hybridized carbons (Fsp3) is 0.556. The Morgan fingerprint density at radius 3 is 2.27 bits per heavy atom. The SMILES string of the molecule is CC.CC1(OP)C=CC=CC1. The highest BCUT2D eigenvalue weighted by molar-refractivity contribution is 7.09. The summed E-state index contributed by atoms with van der Waals surface area (Å²) in [5.41, 5.74) is -0.0839. The lowest BCUT2D eigenvalue weighted by Crippen LogP contribution is -2.21. The van der Waals surface area contributed by atoms with Gasteiger partial charge in [0, 0.05) is 9.47 Å². The molecule has 0 aliphatic heterocycles. The molecule has 1 aliphatic carbocycles. The van der Waals surface area contributed by atoms with Gasteiger partial charge in [0.1, 0.15) is 0 Å². The Kier molecular flexibility index (Phi) is 5.45. The van der Waals surface area contributed by atoms with Gasteiger partial charge >= 0.3 is 0 Å². The summed E-state index contributed by atoms with van der Waals surface area (Å²) in [5.74, 6) is 0. The largest absolute Gasteiger partial charge is 0.355 e.